The van der Waals surface area contributed by atoms with Crippen LogP contribution < -0.4 is 10.6 Å². The molecular formula is C12H21ClN4O. The molecule has 1 fully saturated rings. The first-order chi connectivity index (χ1) is 8.09. The van der Waals surface area contributed by atoms with Gasteiger partial charge in [-0.25, -0.2) is 0 Å². The lowest BCUT2D eigenvalue weighted by atomic mass is 9.81. The van der Waals surface area contributed by atoms with Crippen molar-refractivity contribution in [1.29, 1.82) is 0 Å². The summed E-state index contributed by atoms with van der Waals surface area (Å²) in [5.74, 6) is -0.0298. The van der Waals surface area contributed by atoms with Gasteiger partial charge in [0.1, 0.15) is 0 Å². The monoisotopic (exact) mass is 272 g/mol. The molecule has 0 unspecified atom stereocenters. The molecule has 1 aliphatic heterocycles. The third-order valence-corrected chi connectivity index (χ3v) is 3.45. The highest BCUT2D eigenvalue weighted by Gasteiger charge is 2.27. The van der Waals surface area contributed by atoms with E-state index in [0.29, 0.717) is 5.56 Å². The second-order valence-electron chi connectivity index (χ2n) is 5.15. The first kappa shape index (κ1) is 15.0. The van der Waals surface area contributed by atoms with Gasteiger partial charge >= 0.3 is 0 Å². The largest absolute Gasteiger partial charge is 0.351 e. The quantitative estimate of drug-likeness (QED) is 0.862. The highest BCUT2D eigenvalue weighted by atomic mass is 35.5. The summed E-state index contributed by atoms with van der Waals surface area (Å²) in [7, 11) is 1.81. The first-order valence-electron chi connectivity index (χ1n) is 6.07. The molecule has 1 amide bonds. The van der Waals surface area contributed by atoms with E-state index in [1.807, 2.05) is 7.05 Å². The van der Waals surface area contributed by atoms with Crippen LogP contribution in [-0.2, 0) is 7.05 Å². The summed E-state index contributed by atoms with van der Waals surface area (Å²) in [5.41, 5.74) is 0.855. The Morgan fingerprint density at radius 2 is 2.22 bits per heavy atom. The number of hydrogen-bond acceptors (Lipinski definition) is 3. The molecule has 0 spiro atoms. The summed E-state index contributed by atoms with van der Waals surface area (Å²) in [4.78, 5) is 11.9. The van der Waals surface area contributed by atoms with Crippen LogP contribution in [0.3, 0.4) is 0 Å². The smallest absolute Gasteiger partial charge is 0.254 e. The number of rotatable bonds is 3. The van der Waals surface area contributed by atoms with Crippen molar-refractivity contribution in [1.82, 2.24) is 20.4 Å². The van der Waals surface area contributed by atoms with Gasteiger partial charge in [0.05, 0.1) is 11.8 Å². The van der Waals surface area contributed by atoms with E-state index in [9.17, 15) is 4.79 Å². The summed E-state index contributed by atoms with van der Waals surface area (Å²) in [5, 5.41) is 10.3. The second-order valence-corrected chi connectivity index (χ2v) is 5.15. The molecule has 0 bridgehead atoms. The fraction of sp³-hybridized carbons (Fsp3) is 0.667. The number of carbonyl (C=O) groups excluding carboxylic acids is 1. The first-order valence-corrected chi connectivity index (χ1v) is 6.07. The molecule has 2 heterocycles. The van der Waals surface area contributed by atoms with E-state index in [2.05, 4.69) is 22.7 Å². The Balaban J connectivity index is 0.00000162. The topological polar surface area (TPSA) is 59.0 Å². The van der Waals surface area contributed by atoms with Crippen LogP contribution >= 0.6 is 12.4 Å². The van der Waals surface area contributed by atoms with Crippen LogP contribution in [0.15, 0.2) is 12.4 Å². The number of carbonyl (C=O) groups is 1. The van der Waals surface area contributed by atoms with Gasteiger partial charge in [0.25, 0.3) is 5.91 Å². The molecule has 102 valence electrons. The van der Waals surface area contributed by atoms with Crippen molar-refractivity contribution in [2.45, 2.75) is 19.8 Å². The lowest BCUT2D eigenvalue weighted by molar-refractivity contribution is 0.0922. The maximum atomic E-state index is 11.9. The SMILES string of the molecule is Cl.Cn1cc(C(=O)NCC2(C)CCNCC2)cn1. The molecular weight excluding hydrogens is 252 g/mol. The molecule has 0 aromatic carbocycles. The van der Waals surface area contributed by atoms with E-state index < -0.39 is 0 Å². The van der Waals surface area contributed by atoms with E-state index in [-0.39, 0.29) is 23.7 Å². The van der Waals surface area contributed by atoms with Gasteiger partial charge in [0.15, 0.2) is 0 Å². The summed E-state index contributed by atoms with van der Waals surface area (Å²) >= 11 is 0. The van der Waals surface area contributed by atoms with Crippen LogP contribution in [-0.4, -0.2) is 35.3 Å². The average molecular weight is 273 g/mol. The fourth-order valence-electron chi connectivity index (χ4n) is 2.14. The van der Waals surface area contributed by atoms with Crippen LogP contribution in [0, 0.1) is 5.41 Å². The zero-order valence-electron chi connectivity index (χ0n) is 10.9. The Bertz CT molecular complexity index is 399. The van der Waals surface area contributed by atoms with Crippen LogP contribution in [0.2, 0.25) is 0 Å². The molecule has 1 aromatic rings. The highest BCUT2D eigenvalue weighted by molar-refractivity contribution is 5.93. The van der Waals surface area contributed by atoms with Crippen molar-refractivity contribution in [2.75, 3.05) is 19.6 Å². The lowest BCUT2D eigenvalue weighted by Gasteiger charge is -2.34. The zero-order chi connectivity index (χ0) is 12.3. The Morgan fingerprint density at radius 3 is 2.78 bits per heavy atom. The molecule has 2 N–H and O–H groups in total. The van der Waals surface area contributed by atoms with Crippen LogP contribution in [0.1, 0.15) is 30.1 Å². The minimum absolute atomic E-state index is 0. The van der Waals surface area contributed by atoms with Crippen molar-refractivity contribution in [3.63, 3.8) is 0 Å². The number of aromatic nitrogens is 2. The standard InChI is InChI=1S/C12H20N4O.ClH/c1-12(3-5-13-6-4-12)9-14-11(17)10-7-15-16(2)8-10;/h7-8,13H,3-6,9H2,1-2H3,(H,14,17);1H. The fourth-order valence-corrected chi connectivity index (χ4v) is 2.14. The molecule has 2 rings (SSSR count). The van der Waals surface area contributed by atoms with Gasteiger partial charge in [-0.3, -0.25) is 9.48 Å². The second kappa shape index (κ2) is 6.20. The molecule has 0 radical (unpaired) electrons. The van der Waals surface area contributed by atoms with Gasteiger partial charge in [0, 0.05) is 19.8 Å². The summed E-state index contributed by atoms with van der Waals surface area (Å²) in [6.45, 7) is 5.05. The Hall–Kier alpha value is -1.07. The summed E-state index contributed by atoms with van der Waals surface area (Å²) in [6.07, 6.45) is 5.56. The molecule has 1 saturated heterocycles. The zero-order valence-corrected chi connectivity index (χ0v) is 11.7. The normalized spacial score (nSPS) is 17.9. The van der Waals surface area contributed by atoms with Crippen molar-refractivity contribution in [2.24, 2.45) is 12.5 Å². The van der Waals surface area contributed by atoms with E-state index >= 15 is 0 Å². The molecule has 5 nitrogen and oxygen atoms in total. The Morgan fingerprint density at radius 1 is 1.56 bits per heavy atom. The van der Waals surface area contributed by atoms with Crippen LogP contribution in [0.4, 0.5) is 0 Å². The minimum atomic E-state index is -0.0298. The van der Waals surface area contributed by atoms with Gasteiger partial charge < -0.3 is 10.6 Å². The Labute approximate surface area is 114 Å². The maximum absolute atomic E-state index is 11.9. The third kappa shape index (κ3) is 3.71. The number of amides is 1. The van der Waals surface area contributed by atoms with Gasteiger partial charge in [0.2, 0.25) is 0 Å². The van der Waals surface area contributed by atoms with E-state index in [0.717, 1.165) is 32.5 Å². The highest BCUT2D eigenvalue weighted by Crippen LogP contribution is 2.26. The number of nitrogens with one attached hydrogen (secondary N) is 2. The minimum Gasteiger partial charge on any atom is -0.351 e. The number of piperidine rings is 1. The molecule has 0 aliphatic carbocycles. The maximum Gasteiger partial charge on any atom is 0.254 e. The summed E-state index contributed by atoms with van der Waals surface area (Å²) in [6, 6.07) is 0. The van der Waals surface area contributed by atoms with Crippen molar-refractivity contribution >= 4 is 18.3 Å². The molecule has 1 aliphatic rings. The lowest BCUT2D eigenvalue weighted by Crippen LogP contribution is -2.42. The van der Waals surface area contributed by atoms with E-state index in [1.165, 1.54) is 0 Å². The van der Waals surface area contributed by atoms with Crippen molar-refractivity contribution in [3.05, 3.63) is 18.0 Å². The van der Waals surface area contributed by atoms with Crippen LogP contribution in [0.5, 0.6) is 0 Å². The number of halogens is 1. The number of hydrogen-bond donors (Lipinski definition) is 2. The van der Waals surface area contributed by atoms with Gasteiger partial charge in [-0.2, -0.15) is 5.10 Å². The van der Waals surface area contributed by atoms with Gasteiger partial charge in [-0.1, -0.05) is 6.92 Å². The summed E-state index contributed by atoms with van der Waals surface area (Å²) < 4.78 is 1.64. The Kier molecular flexibility index (Phi) is 5.16. The van der Waals surface area contributed by atoms with Crippen molar-refractivity contribution < 1.29 is 4.79 Å². The molecule has 1 aromatic heterocycles. The molecule has 18 heavy (non-hydrogen) atoms. The third-order valence-electron chi connectivity index (χ3n) is 3.45. The van der Waals surface area contributed by atoms with Crippen molar-refractivity contribution in [3.8, 4) is 0 Å². The van der Waals surface area contributed by atoms with E-state index in [1.54, 1.807) is 17.1 Å². The van der Waals surface area contributed by atoms with Crippen LogP contribution in [0.25, 0.3) is 0 Å². The molecule has 6 heteroatoms. The van der Waals surface area contributed by atoms with Gasteiger partial charge in [-0.05, 0) is 31.3 Å². The molecule has 0 saturated carbocycles. The predicted molar refractivity (Wildman–Crippen MR) is 73.0 cm³/mol. The number of aryl methyl sites for hydroxylation is 1. The number of nitrogens with zero attached hydrogens (tertiary/aromatic N) is 2. The average Bonchev–Trinajstić information content (AvgIpc) is 2.74. The van der Waals surface area contributed by atoms with Gasteiger partial charge in [-0.15, -0.1) is 12.4 Å². The molecule has 0 atom stereocenters. The van der Waals surface area contributed by atoms with E-state index in [4.69, 9.17) is 0 Å². The predicted octanol–water partition coefficient (Wildman–Crippen LogP) is 0.961.